The lowest BCUT2D eigenvalue weighted by Gasteiger charge is -2.15. The highest BCUT2D eigenvalue weighted by molar-refractivity contribution is 7.89. The van der Waals surface area contributed by atoms with Crippen molar-refractivity contribution in [2.75, 3.05) is 6.54 Å². The summed E-state index contributed by atoms with van der Waals surface area (Å²) in [6.07, 6.45) is 4.77. The molecular weight excluding hydrogens is 266 g/mol. The molecular formula is C12H19N3O3S. The van der Waals surface area contributed by atoms with Gasteiger partial charge in [0.2, 0.25) is 10.0 Å². The number of primary sulfonamides is 1. The third-order valence-electron chi connectivity index (χ3n) is 3.79. The summed E-state index contributed by atoms with van der Waals surface area (Å²) in [5, 5.41) is 7.81. The quantitative estimate of drug-likeness (QED) is 0.763. The van der Waals surface area contributed by atoms with Crippen LogP contribution in [-0.4, -0.2) is 25.9 Å². The molecule has 2 rings (SSSR count). The fourth-order valence-electron chi connectivity index (χ4n) is 2.51. The SMILES string of the molecule is CC1CCCC1CNC(=O)c1cc(S(N)(=O)=O)c[nH]1. The van der Waals surface area contributed by atoms with Gasteiger partial charge in [-0.3, -0.25) is 4.79 Å². The Bertz CT molecular complexity index is 565. The van der Waals surface area contributed by atoms with Gasteiger partial charge < -0.3 is 10.3 Å². The Kier molecular flexibility index (Phi) is 3.96. The molecule has 0 aromatic carbocycles. The van der Waals surface area contributed by atoms with Gasteiger partial charge in [0.15, 0.2) is 0 Å². The van der Waals surface area contributed by atoms with Crippen LogP contribution in [0.5, 0.6) is 0 Å². The molecule has 2 atom stereocenters. The number of nitrogens with two attached hydrogens (primary N) is 1. The molecule has 1 fully saturated rings. The highest BCUT2D eigenvalue weighted by Crippen LogP contribution is 2.30. The van der Waals surface area contributed by atoms with Crippen LogP contribution in [0.1, 0.15) is 36.7 Å². The lowest BCUT2D eigenvalue weighted by atomic mass is 9.98. The highest BCUT2D eigenvalue weighted by Gasteiger charge is 2.24. The normalized spacial score (nSPS) is 23.5. The first-order valence-electron chi connectivity index (χ1n) is 6.37. The Hall–Kier alpha value is -1.34. The molecule has 0 radical (unpaired) electrons. The second-order valence-electron chi connectivity index (χ2n) is 5.17. The molecule has 106 valence electrons. The smallest absolute Gasteiger partial charge is 0.267 e. The van der Waals surface area contributed by atoms with Gasteiger partial charge >= 0.3 is 0 Å². The average Bonchev–Trinajstić information content (AvgIpc) is 2.93. The fraction of sp³-hybridized carbons (Fsp3) is 0.583. The number of hydrogen-bond donors (Lipinski definition) is 3. The molecule has 1 heterocycles. The Morgan fingerprint density at radius 2 is 2.26 bits per heavy atom. The summed E-state index contributed by atoms with van der Waals surface area (Å²) in [7, 11) is -3.77. The first-order chi connectivity index (χ1) is 8.88. The molecule has 0 saturated heterocycles. The minimum absolute atomic E-state index is 0.0770. The third kappa shape index (κ3) is 3.36. The van der Waals surface area contributed by atoms with Gasteiger partial charge in [-0.25, -0.2) is 13.6 Å². The molecule has 19 heavy (non-hydrogen) atoms. The lowest BCUT2D eigenvalue weighted by Crippen LogP contribution is -2.30. The van der Waals surface area contributed by atoms with Gasteiger partial charge in [-0.15, -0.1) is 0 Å². The zero-order valence-electron chi connectivity index (χ0n) is 10.8. The van der Waals surface area contributed by atoms with Crippen LogP contribution in [0.4, 0.5) is 0 Å². The number of rotatable bonds is 4. The molecule has 1 aromatic heterocycles. The van der Waals surface area contributed by atoms with Gasteiger partial charge in [-0.2, -0.15) is 0 Å². The van der Waals surface area contributed by atoms with Crippen LogP contribution >= 0.6 is 0 Å². The maximum atomic E-state index is 11.9. The number of aromatic amines is 1. The van der Waals surface area contributed by atoms with E-state index in [0.717, 1.165) is 6.42 Å². The van der Waals surface area contributed by atoms with Crippen molar-refractivity contribution in [3.8, 4) is 0 Å². The van der Waals surface area contributed by atoms with Gasteiger partial charge in [-0.05, 0) is 24.3 Å². The van der Waals surface area contributed by atoms with Gasteiger partial charge in [0, 0.05) is 12.7 Å². The second-order valence-corrected chi connectivity index (χ2v) is 6.73. The Labute approximate surface area is 112 Å². The molecule has 2 unspecified atom stereocenters. The minimum Gasteiger partial charge on any atom is -0.356 e. The van der Waals surface area contributed by atoms with Crippen molar-refractivity contribution in [1.29, 1.82) is 0 Å². The second kappa shape index (κ2) is 5.34. The van der Waals surface area contributed by atoms with Crippen LogP contribution in [0.3, 0.4) is 0 Å². The maximum Gasteiger partial charge on any atom is 0.267 e. The van der Waals surface area contributed by atoms with Crippen molar-refractivity contribution < 1.29 is 13.2 Å². The first-order valence-corrected chi connectivity index (χ1v) is 7.92. The van der Waals surface area contributed by atoms with Crippen molar-refractivity contribution >= 4 is 15.9 Å². The molecule has 1 aliphatic carbocycles. The van der Waals surface area contributed by atoms with E-state index in [1.807, 2.05) is 0 Å². The van der Waals surface area contributed by atoms with E-state index in [0.29, 0.717) is 18.4 Å². The van der Waals surface area contributed by atoms with Crippen LogP contribution in [-0.2, 0) is 10.0 Å². The number of sulfonamides is 1. The van der Waals surface area contributed by atoms with Crippen LogP contribution in [0.15, 0.2) is 17.2 Å². The van der Waals surface area contributed by atoms with E-state index in [1.165, 1.54) is 25.1 Å². The van der Waals surface area contributed by atoms with E-state index >= 15 is 0 Å². The van der Waals surface area contributed by atoms with Crippen molar-refractivity contribution in [3.05, 3.63) is 18.0 Å². The number of carbonyl (C=O) groups excluding carboxylic acids is 1. The van der Waals surface area contributed by atoms with Crippen LogP contribution in [0.2, 0.25) is 0 Å². The molecule has 1 amide bonds. The summed E-state index contributed by atoms with van der Waals surface area (Å²) in [5.74, 6) is 0.842. The number of carbonyl (C=O) groups is 1. The highest BCUT2D eigenvalue weighted by atomic mass is 32.2. The minimum atomic E-state index is -3.77. The van der Waals surface area contributed by atoms with E-state index in [-0.39, 0.29) is 16.5 Å². The number of nitrogens with one attached hydrogen (secondary N) is 2. The van der Waals surface area contributed by atoms with Gasteiger partial charge in [0.05, 0.1) is 4.90 Å². The molecule has 0 spiro atoms. The summed E-state index contributed by atoms with van der Waals surface area (Å²) in [6, 6.07) is 1.25. The Balaban J connectivity index is 1.95. The van der Waals surface area contributed by atoms with E-state index < -0.39 is 10.0 Å². The number of aromatic nitrogens is 1. The Morgan fingerprint density at radius 1 is 1.53 bits per heavy atom. The lowest BCUT2D eigenvalue weighted by molar-refractivity contribution is 0.0940. The summed E-state index contributed by atoms with van der Waals surface area (Å²) in [5.41, 5.74) is 0.217. The van der Waals surface area contributed by atoms with E-state index in [2.05, 4.69) is 17.2 Å². The molecule has 0 aliphatic heterocycles. The number of hydrogen-bond acceptors (Lipinski definition) is 3. The molecule has 0 bridgehead atoms. The number of amides is 1. The molecule has 1 aromatic rings. The summed E-state index contributed by atoms with van der Waals surface area (Å²) in [4.78, 5) is 14.4. The van der Waals surface area contributed by atoms with E-state index in [1.54, 1.807) is 0 Å². The zero-order valence-corrected chi connectivity index (χ0v) is 11.7. The Morgan fingerprint density at radius 3 is 2.79 bits per heavy atom. The predicted octanol–water partition coefficient (Wildman–Crippen LogP) is 0.828. The standard InChI is InChI=1S/C12H19N3O3S/c1-8-3-2-4-9(8)6-15-12(16)11-5-10(7-14-11)19(13,17)18/h5,7-9,14H,2-4,6H2,1H3,(H,15,16)(H2,13,17,18). The van der Waals surface area contributed by atoms with Gasteiger partial charge in [0.25, 0.3) is 5.91 Å². The largest absolute Gasteiger partial charge is 0.356 e. The number of H-pyrrole nitrogens is 1. The van der Waals surface area contributed by atoms with E-state index in [9.17, 15) is 13.2 Å². The predicted molar refractivity (Wildman–Crippen MR) is 71.0 cm³/mol. The van der Waals surface area contributed by atoms with Gasteiger partial charge in [-0.1, -0.05) is 19.8 Å². The molecule has 1 saturated carbocycles. The van der Waals surface area contributed by atoms with Crippen LogP contribution < -0.4 is 10.5 Å². The van der Waals surface area contributed by atoms with Crippen molar-refractivity contribution in [1.82, 2.24) is 10.3 Å². The molecule has 7 heteroatoms. The fourth-order valence-corrected chi connectivity index (χ4v) is 3.02. The van der Waals surface area contributed by atoms with Crippen molar-refractivity contribution in [3.63, 3.8) is 0 Å². The summed E-state index contributed by atoms with van der Waals surface area (Å²) >= 11 is 0. The van der Waals surface area contributed by atoms with Crippen molar-refractivity contribution in [2.45, 2.75) is 31.1 Å². The van der Waals surface area contributed by atoms with Gasteiger partial charge in [0.1, 0.15) is 5.69 Å². The summed E-state index contributed by atoms with van der Waals surface area (Å²) in [6.45, 7) is 2.82. The first kappa shape index (κ1) is 14.1. The van der Waals surface area contributed by atoms with Crippen molar-refractivity contribution in [2.24, 2.45) is 17.0 Å². The summed E-state index contributed by atoms with van der Waals surface area (Å²) < 4.78 is 22.2. The van der Waals surface area contributed by atoms with Crippen LogP contribution in [0.25, 0.3) is 0 Å². The third-order valence-corrected chi connectivity index (χ3v) is 4.69. The molecule has 4 N–H and O–H groups in total. The monoisotopic (exact) mass is 285 g/mol. The van der Waals surface area contributed by atoms with E-state index in [4.69, 9.17) is 5.14 Å². The maximum absolute atomic E-state index is 11.9. The molecule has 6 nitrogen and oxygen atoms in total. The molecule has 1 aliphatic rings. The topological polar surface area (TPSA) is 105 Å². The van der Waals surface area contributed by atoms with Crippen LogP contribution in [0, 0.1) is 11.8 Å². The average molecular weight is 285 g/mol. The zero-order chi connectivity index (χ0) is 14.0.